The fourth-order valence-electron chi connectivity index (χ4n) is 2.84. The van der Waals surface area contributed by atoms with Crippen LogP contribution in [0.3, 0.4) is 0 Å². The van der Waals surface area contributed by atoms with Crippen LogP contribution >= 0.6 is 11.3 Å². The van der Waals surface area contributed by atoms with E-state index in [4.69, 9.17) is 10.1 Å². The molecule has 0 saturated carbocycles. The lowest BCUT2D eigenvalue weighted by Gasteiger charge is -2.06. The van der Waals surface area contributed by atoms with E-state index >= 15 is 0 Å². The number of nitrogens with zero attached hydrogens (tertiary/aromatic N) is 4. The van der Waals surface area contributed by atoms with Gasteiger partial charge in [0.2, 0.25) is 4.80 Å². The van der Waals surface area contributed by atoms with E-state index in [1.165, 1.54) is 5.56 Å². The number of thiazole rings is 1. The van der Waals surface area contributed by atoms with Crippen LogP contribution in [0.25, 0.3) is 11.3 Å². The summed E-state index contributed by atoms with van der Waals surface area (Å²) in [5, 5.41) is 7.00. The first-order valence-electron chi connectivity index (χ1n) is 9.07. The Morgan fingerprint density at radius 1 is 0.964 bits per heavy atom. The molecule has 0 fully saturated rings. The van der Waals surface area contributed by atoms with Gasteiger partial charge in [0.15, 0.2) is 0 Å². The minimum Gasteiger partial charge on any atom is -0.264 e. The van der Waals surface area contributed by atoms with E-state index in [1.54, 1.807) is 17.5 Å². The van der Waals surface area contributed by atoms with Gasteiger partial charge in [-0.2, -0.15) is 5.10 Å². The highest BCUT2D eigenvalue weighted by Crippen LogP contribution is 2.20. The SMILES string of the molecule is CC(=Nn1c(-c2ccccc2)csc1=NCc1ccccc1)c1cccnc1. The van der Waals surface area contributed by atoms with Crippen LogP contribution in [0, 0.1) is 0 Å². The van der Waals surface area contributed by atoms with Gasteiger partial charge in [-0.15, -0.1) is 11.3 Å². The lowest BCUT2D eigenvalue weighted by molar-refractivity contribution is 0.819. The van der Waals surface area contributed by atoms with E-state index in [-0.39, 0.29) is 0 Å². The summed E-state index contributed by atoms with van der Waals surface area (Å²) in [5.41, 5.74) is 5.21. The van der Waals surface area contributed by atoms with Crippen LogP contribution in [-0.2, 0) is 6.54 Å². The Morgan fingerprint density at radius 2 is 1.71 bits per heavy atom. The predicted molar refractivity (Wildman–Crippen MR) is 115 cm³/mol. The third kappa shape index (κ3) is 4.15. The van der Waals surface area contributed by atoms with Crippen molar-refractivity contribution in [2.45, 2.75) is 13.5 Å². The maximum Gasteiger partial charge on any atom is 0.206 e. The monoisotopic (exact) mass is 384 g/mol. The Morgan fingerprint density at radius 3 is 2.43 bits per heavy atom. The molecule has 0 unspecified atom stereocenters. The molecule has 2 aromatic heterocycles. The van der Waals surface area contributed by atoms with Crippen molar-refractivity contribution < 1.29 is 0 Å². The summed E-state index contributed by atoms with van der Waals surface area (Å²) < 4.78 is 1.94. The van der Waals surface area contributed by atoms with Crippen molar-refractivity contribution in [1.82, 2.24) is 9.66 Å². The van der Waals surface area contributed by atoms with Crippen LogP contribution in [0.5, 0.6) is 0 Å². The fourth-order valence-corrected chi connectivity index (χ4v) is 3.67. The third-order valence-electron chi connectivity index (χ3n) is 4.32. The lowest BCUT2D eigenvalue weighted by Crippen LogP contribution is -2.14. The Kier molecular flexibility index (Phi) is 5.54. The van der Waals surface area contributed by atoms with Crippen LogP contribution in [0.2, 0.25) is 0 Å². The summed E-state index contributed by atoms with van der Waals surface area (Å²) in [7, 11) is 0. The second kappa shape index (κ2) is 8.59. The number of rotatable bonds is 5. The molecule has 5 heteroatoms. The van der Waals surface area contributed by atoms with Crippen molar-refractivity contribution in [2.75, 3.05) is 0 Å². The number of aromatic nitrogens is 2. The average Bonchev–Trinajstić information content (AvgIpc) is 3.16. The number of benzene rings is 2. The van der Waals surface area contributed by atoms with Crippen LogP contribution in [0.1, 0.15) is 18.1 Å². The molecule has 0 N–H and O–H groups in total. The normalized spacial score (nSPS) is 12.3. The molecular formula is C23H20N4S. The van der Waals surface area contributed by atoms with Crippen LogP contribution < -0.4 is 4.80 Å². The van der Waals surface area contributed by atoms with Gasteiger partial charge >= 0.3 is 0 Å². The molecule has 0 spiro atoms. The highest BCUT2D eigenvalue weighted by Gasteiger charge is 2.08. The standard InChI is InChI=1S/C23H20N4S/c1-18(21-13-8-14-24-16-21)26-27-22(20-11-6-3-7-12-20)17-28-23(27)25-15-19-9-4-2-5-10-19/h2-14,16-17H,15H2,1H3. The van der Waals surface area contributed by atoms with Gasteiger partial charge in [-0.3, -0.25) is 9.98 Å². The fraction of sp³-hybridized carbons (Fsp3) is 0.0870. The molecule has 0 amide bonds. The highest BCUT2D eigenvalue weighted by molar-refractivity contribution is 7.07. The van der Waals surface area contributed by atoms with Crippen LogP contribution in [-0.4, -0.2) is 15.4 Å². The van der Waals surface area contributed by atoms with E-state index in [1.807, 2.05) is 66.3 Å². The molecule has 2 heterocycles. The Bertz CT molecular complexity index is 1130. The van der Waals surface area contributed by atoms with Crippen LogP contribution in [0.4, 0.5) is 0 Å². The molecule has 0 bridgehead atoms. The number of hydrogen-bond acceptors (Lipinski definition) is 4. The lowest BCUT2D eigenvalue weighted by atomic mass is 10.2. The number of hydrogen-bond donors (Lipinski definition) is 0. The molecule has 2 aromatic carbocycles. The summed E-state index contributed by atoms with van der Waals surface area (Å²) >= 11 is 1.60. The molecule has 0 aliphatic heterocycles. The molecule has 0 radical (unpaired) electrons. The third-order valence-corrected chi connectivity index (χ3v) is 5.18. The predicted octanol–water partition coefficient (Wildman–Crippen LogP) is 4.98. The minimum absolute atomic E-state index is 0.622. The van der Waals surface area contributed by atoms with E-state index < -0.39 is 0 Å². The van der Waals surface area contributed by atoms with E-state index in [9.17, 15) is 0 Å². The van der Waals surface area contributed by atoms with Gasteiger partial charge < -0.3 is 0 Å². The maximum absolute atomic E-state index is 4.89. The minimum atomic E-state index is 0.622. The van der Waals surface area contributed by atoms with Crippen molar-refractivity contribution in [2.24, 2.45) is 10.1 Å². The van der Waals surface area contributed by atoms with Crippen molar-refractivity contribution in [3.8, 4) is 11.3 Å². The first kappa shape index (κ1) is 18.1. The van der Waals surface area contributed by atoms with Crippen molar-refractivity contribution >= 4 is 17.0 Å². The molecule has 0 aliphatic rings. The molecule has 0 aliphatic carbocycles. The van der Waals surface area contributed by atoms with Crippen LogP contribution in [0.15, 0.2) is 101 Å². The van der Waals surface area contributed by atoms with Gasteiger partial charge in [-0.05, 0) is 18.6 Å². The van der Waals surface area contributed by atoms with Crippen molar-refractivity contribution in [3.05, 3.63) is 106 Å². The Balaban J connectivity index is 1.80. The molecule has 28 heavy (non-hydrogen) atoms. The average molecular weight is 385 g/mol. The largest absolute Gasteiger partial charge is 0.264 e. The number of pyridine rings is 1. The van der Waals surface area contributed by atoms with E-state index in [0.29, 0.717) is 6.54 Å². The van der Waals surface area contributed by atoms with Crippen molar-refractivity contribution in [1.29, 1.82) is 0 Å². The van der Waals surface area contributed by atoms with E-state index in [2.05, 4.69) is 34.6 Å². The van der Waals surface area contributed by atoms with Gasteiger partial charge in [0.1, 0.15) is 0 Å². The summed E-state index contributed by atoms with van der Waals surface area (Å²) in [4.78, 5) is 9.90. The zero-order chi connectivity index (χ0) is 19.2. The first-order chi connectivity index (χ1) is 13.8. The molecule has 0 atom stereocenters. The van der Waals surface area contributed by atoms with Gasteiger partial charge in [-0.1, -0.05) is 66.7 Å². The topological polar surface area (TPSA) is 42.5 Å². The molecule has 0 saturated heterocycles. The zero-order valence-electron chi connectivity index (χ0n) is 15.6. The van der Waals surface area contributed by atoms with Gasteiger partial charge in [-0.25, -0.2) is 4.68 Å². The molecular weight excluding hydrogens is 364 g/mol. The summed E-state index contributed by atoms with van der Waals surface area (Å²) in [6.07, 6.45) is 3.60. The summed E-state index contributed by atoms with van der Waals surface area (Å²) in [6.45, 7) is 2.62. The Hall–Kier alpha value is -3.31. The Labute approximate surface area is 168 Å². The zero-order valence-corrected chi connectivity index (χ0v) is 16.4. The summed E-state index contributed by atoms with van der Waals surface area (Å²) in [6, 6.07) is 24.5. The molecule has 4 aromatic rings. The molecule has 4 nitrogen and oxygen atoms in total. The first-order valence-corrected chi connectivity index (χ1v) is 9.95. The van der Waals surface area contributed by atoms with Crippen molar-refractivity contribution in [3.63, 3.8) is 0 Å². The quantitative estimate of drug-likeness (QED) is 0.447. The summed E-state index contributed by atoms with van der Waals surface area (Å²) in [5.74, 6) is 0. The second-order valence-electron chi connectivity index (χ2n) is 6.31. The van der Waals surface area contributed by atoms with Gasteiger partial charge in [0, 0.05) is 28.9 Å². The van der Waals surface area contributed by atoms with Gasteiger partial charge in [0.25, 0.3) is 0 Å². The van der Waals surface area contributed by atoms with Gasteiger partial charge in [0.05, 0.1) is 18.0 Å². The maximum atomic E-state index is 4.89. The van der Waals surface area contributed by atoms with E-state index in [0.717, 1.165) is 27.3 Å². The molecule has 4 rings (SSSR count). The second-order valence-corrected chi connectivity index (χ2v) is 7.15. The molecule has 138 valence electrons. The highest BCUT2D eigenvalue weighted by atomic mass is 32.1. The smallest absolute Gasteiger partial charge is 0.206 e.